The first kappa shape index (κ1) is 13.4. The molecule has 1 aromatic rings. The fourth-order valence-electron chi connectivity index (χ4n) is 3.86. The average molecular weight is 279 g/mol. The van der Waals surface area contributed by atoms with Crippen molar-refractivity contribution in [1.82, 2.24) is 5.32 Å². The van der Waals surface area contributed by atoms with E-state index in [2.05, 4.69) is 5.32 Å². The summed E-state index contributed by atoms with van der Waals surface area (Å²) in [7, 11) is 0. The Morgan fingerprint density at radius 2 is 2.10 bits per heavy atom. The molecule has 3 N–H and O–H groups in total. The number of hydrogen-bond acceptors (Lipinski definition) is 3. The highest BCUT2D eigenvalue weighted by atomic mass is 19.1. The van der Waals surface area contributed by atoms with Crippen molar-refractivity contribution in [2.75, 3.05) is 0 Å². The van der Waals surface area contributed by atoms with Crippen LogP contribution in [0.2, 0.25) is 0 Å². The van der Waals surface area contributed by atoms with E-state index < -0.39 is 11.8 Å². The van der Waals surface area contributed by atoms with Gasteiger partial charge in [-0.2, -0.15) is 0 Å². The standard InChI is InChI=1S/C15H18FNO3/c16-11-3-4-12(18)10(6-11)7-17-14-9-2-1-8(5-9)13(14)15(19)20/h3-4,6,8-9,13-14,17-18H,1-2,5,7H2,(H,19,20). The number of aromatic hydroxyl groups is 1. The summed E-state index contributed by atoms with van der Waals surface area (Å²) in [4.78, 5) is 11.4. The minimum absolute atomic E-state index is 0.0360. The maximum atomic E-state index is 13.2. The van der Waals surface area contributed by atoms with Crippen LogP contribution in [0.25, 0.3) is 0 Å². The number of carbonyl (C=O) groups is 1. The van der Waals surface area contributed by atoms with Gasteiger partial charge >= 0.3 is 5.97 Å². The molecule has 2 saturated carbocycles. The van der Waals surface area contributed by atoms with Crippen molar-refractivity contribution >= 4 is 5.97 Å². The zero-order chi connectivity index (χ0) is 14.3. The molecule has 0 saturated heterocycles. The van der Waals surface area contributed by atoms with Crippen LogP contribution in [0.1, 0.15) is 24.8 Å². The molecular formula is C15H18FNO3. The van der Waals surface area contributed by atoms with E-state index in [-0.39, 0.29) is 23.6 Å². The van der Waals surface area contributed by atoms with E-state index in [1.807, 2.05) is 0 Å². The second-order valence-electron chi connectivity index (χ2n) is 5.88. The molecule has 0 aliphatic heterocycles. The Hall–Kier alpha value is -1.62. The molecular weight excluding hydrogens is 261 g/mol. The van der Waals surface area contributed by atoms with Crippen LogP contribution in [0.5, 0.6) is 5.75 Å². The van der Waals surface area contributed by atoms with E-state index in [0.717, 1.165) is 19.3 Å². The largest absolute Gasteiger partial charge is 0.508 e. The van der Waals surface area contributed by atoms with Gasteiger partial charge in [0.05, 0.1) is 5.92 Å². The molecule has 0 aromatic heterocycles. The number of phenols is 1. The number of hydrogen-bond donors (Lipinski definition) is 3. The third-order valence-corrected chi connectivity index (χ3v) is 4.77. The van der Waals surface area contributed by atoms with Crippen LogP contribution in [-0.4, -0.2) is 22.2 Å². The van der Waals surface area contributed by atoms with Crippen LogP contribution >= 0.6 is 0 Å². The van der Waals surface area contributed by atoms with Crippen molar-refractivity contribution < 1.29 is 19.4 Å². The number of carboxylic acid groups (broad SMARTS) is 1. The molecule has 0 radical (unpaired) electrons. The van der Waals surface area contributed by atoms with E-state index >= 15 is 0 Å². The van der Waals surface area contributed by atoms with Crippen molar-refractivity contribution in [3.63, 3.8) is 0 Å². The van der Waals surface area contributed by atoms with Gasteiger partial charge in [0, 0.05) is 18.2 Å². The zero-order valence-corrected chi connectivity index (χ0v) is 11.1. The van der Waals surface area contributed by atoms with E-state index in [4.69, 9.17) is 0 Å². The number of phenolic OH excluding ortho intramolecular Hbond substituents is 1. The number of halogens is 1. The monoisotopic (exact) mass is 279 g/mol. The van der Waals surface area contributed by atoms with Gasteiger partial charge in [-0.25, -0.2) is 4.39 Å². The highest BCUT2D eigenvalue weighted by molar-refractivity contribution is 5.72. The minimum Gasteiger partial charge on any atom is -0.508 e. The number of benzene rings is 1. The molecule has 2 aliphatic carbocycles. The Morgan fingerprint density at radius 1 is 1.35 bits per heavy atom. The van der Waals surface area contributed by atoms with Gasteiger partial charge in [0.15, 0.2) is 0 Å². The maximum absolute atomic E-state index is 13.2. The van der Waals surface area contributed by atoms with Crippen LogP contribution in [0, 0.1) is 23.6 Å². The van der Waals surface area contributed by atoms with Crippen molar-refractivity contribution in [3.05, 3.63) is 29.6 Å². The molecule has 20 heavy (non-hydrogen) atoms. The van der Waals surface area contributed by atoms with E-state index in [9.17, 15) is 19.4 Å². The maximum Gasteiger partial charge on any atom is 0.308 e. The average Bonchev–Trinajstić information content (AvgIpc) is 3.00. The molecule has 4 atom stereocenters. The van der Waals surface area contributed by atoms with E-state index in [0.29, 0.717) is 18.0 Å². The normalized spacial score (nSPS) is 31.6. The highest BCUT2D eigenvalue weighted by Gasteiger charge is 2.50. The van der Waals surface area contributed by atoms with Gasteiger partial charge in [0.2, 0.25) is 0 Å². The van der Waals surface area contributed by atoms with Crippen molar-refractivity contribution in [2.24, 2.45) is 17.8 Å². The molecule has 2 fully saturated rings. The lowest BCUT2D eigenvalue weighted by Gasteiger charge is -2.29. The smallest absolute Gasteiger partial charge is 0.308 e. The molecule has 1 aromatic carbocycles. The van der Waals surface area contributed by atoms with Gasteiger partial charge in [-0.15, -0.1) is 0 Å². The summed E-state index contributed by atoms with van der Waals surface area (Å²) in [5.74, 6) is -0.827. The molecule has 2 aliphatic rings. The third kappa shape index (κ3) is 2.26. The fraction of sp³-hybridized carbons (Fsp3) is 0.533. The van der Waals surface area contributed by atoms with Gasteiger partial charge in [0.1, 0.15) is 11.6 Å². The minimum atomic E-state index is -0.752. The first-order valence-corrected chi connectivity index (χ1v) is 7.00. The fourth-order valence-corrected chi connectivity index (χ4v) is 3.86. The van der Waals surface area contributed by atoms with Gasteiger partial charge in [0.25, 0.3) is 0 Å². The van der Waals surface area contributed by atoms with Gasteiger partial charge in [-0.05, 0) is 49.3 Å². The summed E-state index contributed by atoms with van der Waals surface area (Å²) < 4.78 is 13.2. The molecule has 4 unspecified atom stereocenters. The first-order valence-electron chi connectivity index (χ1n) is 7.00. The SMILES string of the molecule is O=C(O)C1C2CCC(C2)C1NCc1cc(F)ccc1O. The molecule has 0 heterocycles. The number of carboxylic acids is 1. The van der Waals surface area contributed by atoms with Crippen LogP contribution in [0.15, 0.2) is 18.2 Å². The second-order valence-corrected chi connectivity index (χ2v) is 5.88. The van der Waals surface area contributed by atoms with Gasteiger partial charge in [-0.1, -0.05) is 0 Å². The molecule has 2 bridgehead atoms. The highest BCUT2D eigenvalue weighted by Crippen LogP contribution is 2.48. The molecule has 5 heteroatoms. The van der Waals surface area contributed by atoms with Crippen molar-refractivity contribution in [2.45, 2.75) is 31.8 Å². The van der Waals surface area contributed by atoms with Crippen molar-refractivity contribution in [1.29, 1.82) is 0 Å². The Morgan fingerprint density at radius 3 is 2.85 bits per heavy atom. The first-order chi connectivity index (χ1) is 9.56. The van der Waals surface area contributed by atoms with Crippen LogP contribution < -0.4 is 5.32 Å². The summed E-state index contributed by atoms with van der Waals surface area (Å²) in [6.45, 7) is 0.293. The topological polar surface area (TPSA) is 69.6 Å². The lowest BCUT2D eigenvalue weighted by molar-refractivity contribution is -0.144. The van der Waals surface area contributed by atoms with E-state index in [1.165, 1.54) is 18.2 Å². The number of aliphatic carboxylic acids is 1. The summed E-state index contributed by atoms with van der Waals surface area (Å²) >= 11 is 0. The lowest BCUT2D eigenvalue weighted by Crippen LogP contribution is -2.43. The van der Waals surface area contributed by atoms with Gasteiger partial charge in [-0.3, -0.25) is 4.79 Å². The summed E-state index contributed by atoms with van der Waals surface area (Å²) in [6, 6.07) is 3.73. The summed E-state index contributed by atoms with van der Waals surface area (Å²) in [5, 5.41) is 22.3. The quantitative estimate of drug-likeness (QED) is 0.789. The Balaban J connectivity index is 1.71. The molecule has 108 valence electrons. The zero-order valence-electron chi connectivity index (χ0n) is 11.1. The third-order valence-electron chi connectivity index (χ3n) is 4.77. The predicted molar refractivity (Wildman–Crippen MR) is 70.6 cm³/mol. The van der Waals surface area contributed by atoms with E-state index in [1.54, 1.807) is 0 Å². The Labute approximate surface area is 116 Å². The Bertz CT molecular complexity index is 534. The Kier molecular flexibility index (Phi) is 3.38. The van der Waals surface area contributed by atoms with Gasteiger partial charge < -0.3 is 15.5 Å². The molecule has 4 nitrogen and oxygen atoms in total. The molecule has 0 amide bonds. The van der Waals surface area contributed by atoms with Crippen molar-refractivity contribution in [3.8, 4) is 5.75 Å². The van der Waals surface area contributed by atoms with Crippen LogP contribution in [0.3, 0.4) is 0 Å². The number of rotatable bonds is 4. The summed E-state index contributed by atoms with van der Waals surface area (Å²) in [6.07, 6.45) is 3.01. The van der Waals surface area contributed by atoms with Crippen LogP contribution in [0.4, 0.5) is 4.39 Å². The number of nitrogens with one attached hydrogen (secondary N) is 1. The molecule has 0 spiro atoms. The lowest BCUT2D eigenvalue weighted by atomic mass is 9.84. The predicted octanol–water partition coefficient (Wildman–Crippen LogP) is 2.12. The summed E-state index contributed by atoms with van der Waals surface area (Å²) in [5.41, 5.74) is 0.469. The second kappa shape index (κ2) is 5.05. The molecule has 3 rings (SSSR count). The van der Waals surface area contributed by atoms with Crippen LogP contribution in [-0.2, 0) is 11.3 Å². The number of fused-ring (bicyclic) bond motifs is 2.